The summed E-state index contributed by atoms with van der Waals surface area (Å²) in [7, 11) is 0. The zero-order chi connectivity index (χ0) is 15.0. The van der Waals surface area contributed by atoms with Crippen LogP contribution in [0.3, 0.4) is 0 Å². The van der Waals surface area contributed by atoms with Crippen molar-refractivity contribution in [1.29, 1.82) is 0 Å². The fraction of sp³-hybridized carbons (Fsp3) is 0.133. The smallest absolute Gasteiger partial charge is 0.326 e. The molecule has 3 aromatic rings. The molecule has 0 saturated carbocycles. The van der Waals surface area contributed by atoms with Crippen LogP contribution in [0.1, 0.15) is 11.3 Å². The van der Waals surface area contributed by atoms with Gasteiger partial charge in [0.25, 0.3) is 5.56 Å². The Morgan fingerprint density at radius 1 is 1.05 bits per heavy atom. The van der Waals surface area contributed by atoms with Gasteiger partial charge >= 0.3 is 5.69 Å². The molecule has 3 rings (SSSR count). The molecular weight excluding hydrogens is 270 g/mol. The van der Waals surface area contributed by atoms with Gasteiger partial charge in [0.2, 0.25) is 5.56 Å². The standard InChI is InChI=1S/C15H13N3O3/c1-9-13-11(7-12(19)16-9)17-15(21)18(14(13)20)8-10-5-3-2-4-6-10/h2-7H,8H2,1H3,(H,16,19)(H,17,21). The van der Waals surface area contributed by atoms with Crippen molar-refractivity contribution in [3.8, 4) is 0 Å². The van der Waals surface area contributed by atoms with Crippen LogP contribution in [0, 0.1) is 6.92 Å². The van der Waals surface area contributed by atoms with Crippen LogP contribution in [0.4, 0.5) is 0 Å². The minimum absolute atomic E-state index is 0.184. The van der Waals surface area contributed by atoms with Gasteiger partial charge in [0, 0.05) is 11.8 Å². The third-order valence-electron chi connectivity index (χ3n) is 3.36. The fourth-order valence-electron chi connectivity index (χ4n) is 2.38. The second kappa shape index (κ2) is 4.90. The molecule has 0 amide bonds. The van der Waals surface area contributed by atoms with Crippen molar-refractivity contribution in [3.63, 3.8) is 0 Å². The van der Waals surface area contributed by atoms with E-state index in [0.29, 0.717) is 11.1 Å². The van der Waals surface area contributed by atoms with Gasteiger partial charge in [0.1, 0.15) is 0 Å². The molecule has 0 spiro atoms. The Labute approximate surface area is 118 Å². The first-order chi connectivity index (χ1) is 10.1. The lowest BCUT2D eigenvalue weighted by molar-refractivity contribution is 0.710. The maximum absolute atomic E-state index is 12.5. The van der Waals surface area contributed by atoms with E-state index in [4.69, 9.17) is 0 Å². The van der Waals surface area contributed by atoms with E-state index >= 15 is 0 Å². The van der Waals surface area contributed by atoms with Crippen molar-refractivity contribution >= 4 is 10.9 Å². The monoisotopic (exact) mass is 283 g/mol. The summed E-state index contributed by atoms with van der Waals surface area (Å²) in [6.45, 7) is 1.82. The number of fused-ring (bicyclic) bond motifs is 1. The first-order valence-electron chi connectivity index (χ1n) is 6.47. The summed E-state index contributed by atoms with van der Waals surface area (Å²) in [6, 6.07) is 10.5. The van der Waals surface area contributed by atoms with Crippen molar-refractivity contribution in [3.05, 3.63) is 78.8 Å². The topological polar surface area (TPSA) is 87.7 Å². The quantitative estimate of drug-likeness (QED) is 0.727. The van der Waals surface area contributed by atoms with Crippen LogP contribution in [-0.4, -0.2) is 14.5 Å². The number of H-pyrrole nitrogens is 2. The summed E-state index contributed by atoms with van der Waals surface area (Å²) in [5.41, 5.74) is 0.270. The predicted octanol–water partition coefficient (Wildman–Crippen LogP) is 0.735. The summed E-state index contributed by atoms with van der Waals surface area (Å²) in [6.07, 6.45) is 0. The van der Waals surface area contributed by atoms with Gasteiger partial charge in [0.05, 0.1) is 17.4 Å². The molecule has 0 aliphatic heterocycles. The molecule has 0 unspecified atom stereocenters. The molecule has 0 aliphatic rings. The first kappa shape index (κ1) is 13.1. The summed E-state index contributed by atoms with van der Waals surface area (Å²) >= 11 is 0. The van der Waals surface area contributed by atoms with Gasteiger partial charge in [-0.1, -0.05) is 30.3 Å². The van der Waals surface area contributed by atoms with Crippen LogP contribution in [0.5, 0.6) is 0 Å². The third-order valence-corrected chi connectivity index (χ3v) is 3.36. The highest BCUT2D eigenvalue weighted by Crippen LogP contribution is 2.06. The number of aromatic nitrogens is 3. The Morgan fingerprint density at radius 2 is 1.76 bits per heavy atom. The largest absolute Gasteiger partial charge is 0.329 e. The lowest BCUT2D eigenvalue weighted by Gasteiger charge is -2.07. The number of aromatic amines is 2. The highest BCUT2D eigenvalue weighted by molar-refractivity contribution is 5.79. The number of hydrogen-bond acceptors (Lipinski definition) is 3. The van der Waals surface area contributed by atoms with Gasteiger partial charge in [-0.3, -0.25) is 14.2 Å². The molecule has 6 heteroatoms. The van der Waals surface area contributed by atoms with E-state index in [2.05, 4.69) is 9.97 Å². The van der Waals surface area contributed by atoms with Crippen LogP contribution in [0.2, 0.25) is 0 Å². The summed E-state index contributed by atoms with van der Waals surface area (Å²) in [4.78, 5) is 41.2. The molecule has 0 saturated heterocycles. The van der Waals surface area contributed by atoms with Crippen molar-refractivity contribution in [1.82, 2.24) is 14.5 Å². The van der Waals surface area contributed by atoms with E-state index < -0.39 is 11.2 Å². The molecular formula is C15H13N3O3. The molecule has 1 aromatic carbocycles. The molecule has 21 heavy (non-hydrogen) atoms. The van der Waals surface area contributed by atoms with E-state index in [-0.39, 0.29) is 17.6 Å². The minimum Gasteiger partial charge on any atom is -0.326 e. The van der Waals surface area contributed by atoms with Crippen molar-refractivity contribution < 1.29 is 0 Å². The zero-order valence-corrected chi connectivity index (χ0v) is 11.3. The summed E-state index contributed by atoms with van der Waals surface area (Å²) < 4.78 is 1.13. The predicted molar refractivity (Wildman–Crippen MR) is 79.7 cm³/mol. The van der Waals surface area contributed by atoms with Crippen molar-refractivity contribution in [2.24, 2.45) is 0 Å². The Morgan fingerprint density at radius 3 is 2.48 bits per heavy atom. The first-order valence-corrected chi connectivity index (χ1v) is 6.47. The van der Waals surface area contributed by atoms with Gasteiger partial charge < -0.3 is 9.97 Å². The highest BCUT2D eigenvalue weighted by Gasteiger charge is 2.11. The van der Waals surface area contributed by atoms with E-state index in [1.165, 1.54) is 6.07 Å². The number of nitrogens with one attached hydrogen (secondary N) is 2. The Balaban J connectivity index is 2.28. The fourth-order valence-corrected chi connectivity index (χ4v) is 2.38. The molecule has 2 N–H and O–H groups in total. The molecule has 0 fully saturated rings. The van der Waals surface area contributed by atoms with Crippen LogP contribution in [0.25, 0.3) is 10.9 Å². The van der Waals surface area contributed by atoms with Crippen LogP contribution >= 0.6 is 0 Å². The van der Waals surface area contributed by atoms with Crippen LogP contribution in [0.15, 0.2) is 50.8 Å². The molecule has 2 heterocycles. The second-order valence-electron chi connectivity index (χ2n) is 4.85. The van der Waals surface area contributed by atoms with Gasteiger partial charge in [-0.2, -0.15) is 0 Å². The average Bonchev–Trinajstić information content (AvgIpc) is 2.43. The van der Waals surface area contributed by atoms with Gasteiger partial charge in [-0.05, 0) is 12.5 Å². The number of rotatable bonds is 2. The maximum Gasteiger partial charge on any atom is 0.329 e. The van der Waals surface area contributed by atoms with Gasteiger partial charge in [-0.15, -0.1) is 0 Å². The van der Waals surface area contributed by atoms with Crippen LogP contribution < -0.4 is 16.8 Å². The normalized spacial score (nSPS) is 10.9. The zero-order valence-electron chi connectivity index (χ0n) is 11.3. The molecule has 106 valence electrons. The number of aryl methyl sites for hydroxylation is 1. The van der Waals surface area contributed by atoms with Crippen molar-refractivity contribution in [2.45, 2.75) is 13.5 Å². The van der Waals surface area contributed by atoms with E-state index in [9.17, 15) is 14.4 Å². The SMILES string of the molecule is Cc1[nH]c(=O)cc2[nH]c(=O)n(Cc3ccccc3)c(=O)c12. The average molecular weight is 283 g/mol. The lowest BCUT2D eigenvalue weighted by atomic mass is 10.2. The van der Waals surface area contributed by atoms with Gasteiger partial charge in [0.15, 0.2) is 0 Å². The number of benzene rings is 1. The molecule has 0 aliphatic carbocycles. The lowest BCUT2D eigenvalue weighted by Crippen LogP contribution is -2.36. The molecule has 0 atom stereocenters. The maximum atomic E-state index is 12.5. The molecule has 0 radical (unpaired) electrons. The van der Waals surface area contributed by atoms with Gasteiger partial charge in [-0.25, -0.2) is 4.79 Å². The Bertz CT molecular complexity index is 981. The Hall–Kier alpha value is -2.89. The number of pyridine rings is 1. The summed E-state index contributed by atoms with van der Waals surface area (Å²) in [5.74, 6) is 0. The van der Waals surface area contributed by atoms with Crippen LogP contribution in [-0.2, 0) is 6.54 Å². The van der Waals surface area contributed by atoms with E-state index in [1.54, 1.807) is 6.92 Å². The van der Waals surface area contributed by atoms with E-state index in [0.717, 1.165) is 10.1 Å². The molecule has 0 bridgehead atoms. The summed E-state index contributed by atoms with van der Waals surface area (Å²) in [5, 5.41) is 0.324. The third kappa shape index (κ3) is 2.31. The minimum atomic E-state index is -0.527. The molecule has 2 aromatic heterocycles. The molecule has 6 nitrogen and oxygen atoms in total. The highest BCUT2D eigenvalue weighted by atomic mass is 16.2. The number of nitrogens with zero attached hydrogens (tertiary/aromatic N) is 1. The second-order valence-corrected chi connectivity index (χ2v) is 4.85. The number of hydrogen-bond donors (Lipinski definition) is 2. The van der Waals surface area contributed by atoms with E-state index in [1.807, 2.05) is 30.3 Å². The van der Waals surface area contributed by atoms with Crippen molar-refractivity contribution in [2.75, 3.05) is 0 Å². The Kier molecular flexibility index (Phi) is 3.06.